The van der Waals surface area contributed by atoms with E-state index in [9.17, 15) is 9.59 Å². The van der Waals surface area contributed by atoms with Gasteiger partial charge in [0.2, 0.25) is 0 Å². The maximum Gasteiger partial charge on any atom is 0.326 e. The molecule has 0 radical (unpaired) electrons. The monoisotopic (exact) mass is 327 g/mol. The number of para-hydroxylation sites is 1. The number of carboxylic acids is 1. The zero-order valence-corrected chi connectivity index (χ0v) is 13.8. The van der Waals surface area contributed by atoms with Crippen LogP contribution in [0.1, 0.15) is 18.1 Å². The van der Waals surface area contributed by atoms with Gasteiger partial charge in [0.15, 0.2) is 6.61 Å². The maximum atomic E-state index is 12.1. The first-order chi connectivity index (χ1) is 11.5. The van der Waals surface area contributed by atoms with Crippen LogP contribution in [0.3, 0.4) is 0 Å². The molecule has 1 N–H and O–H groups in total. The van der Waals surface area contributed by atoms with Crippen molar-refractivity contribution in [2.24, 2.45) is 0 Å². The number of ether oxygens (including phenoxy) is 1. The van der Waals surface area contributed by atoms with Gasteiger partial charge in [-0.05, 0) is 24.1 Å². The molecule has 0 aliphatic heterocycles. The Labute approximate surface area is 141 Å². The highest BCUT2D eigenvalue weighted by molar-refractivity contribution is 5.84. The van der Waals surface area contributed by atoms with Gasteiger partial charge in [0.1, 0.15) is 11.8 Å². The lowest BCUT2D eigenvalue weighted by molar-refractivity contribution is -0.148. The molecule has 24 heavy (non-hydrogen) atoms. The Morgan fingerprint density at radius 1 is 1.08 bits per heavy atom. The summed E-state index contributed by atoms with van der Waals surface area (Å²) in [6, 6.07) is 16.6. The van der Waals surface area contributed by atoms with E-state index in [1.807, 2.05) is 54.6 Å². The van der Waals surface area contributed by atoms with Crippen molar-refractivity contribution >= 4 is 11.9 Å². The van der Waals surface area contributed by atoms with E-state index in [4.69, 9.17) is 9.84 Å². The zero-order chi connectivity index (χ0) is 17.5. The molecule has 2 aromatic carbocycles. The fourth-order valence-corrected chi connectivity index (χ4v) is 2.23. The molecule has 0 saturated carbocycles. The van der Waals surface area contributed by atoms with Gasteiger partial charge in [-0.15, -0.1) is 0 Å². The highest BCUT2D eigenvalue weighted by atomic mass is 16.5. The first-order valence-electron chi connectivity index (χ1n) is 7.72. The molecule has 1 unspecified atom stereocenters. The van der Waals surface area contributed by atoms with Crippen LogP contribution in [0.2, 0.25) is 0 Å². The number of nitrogens with zero attached hydrogens (tertiary/aromatic N) is 1. The van der Waals surface area contributed by atoms with Gasteiger partial charge in [0, 0.05) is 13.5 Å². The Bertz CT molecular complexity index is 700. The van der Waals surface area contributed by atoms with Gasteiger partial charge >= 0.3 is 5.97 Å². The van der Waals surface area contributed by atoms with E-state index in [1.54, 1.807) is 0 Å². The van der Waals surface area contributed by atoms with Crippen molar-refractivity contribution in [2.75, 3.05) is 13.7 Å². The molecular formula is C19H21NO4. The van der Waals surface area contributed by atoms with Gasteiger partial charge in [-0.2, -0.15) is 0 Å². The molecular weight excluding hydrogens is 306 g/mol. The van der Waals surface area contributed by atoms with Crippen LogP contribution in [0.5, 0.6) is 5.75 Å². The summed E-state index contributed by atoms with van der Waals surface area (Å²) in [4.78, 5) is 24.2. The molecule has 0 spiro atoms. The molecule has 0 fully saturated rings. The van der Waals surface area contributed by atoms with Gasteiger partial charge in [0.05, 0.1) is 0 Å². The zero-order valence-electron chi connectivity index (χ0n) is 13.8. The van der Waals surface area contributed by atoms with E-state index >= 15 is 0 Å². The predicted molar refractivity (Wildman–Crippen MR) is 91.1 cm³/mol. The minimum Gasteiger partial charge on any atom is -0.483 e. The fourth-order valence-electron chi connectivity index (χ4n) is 2.23. The summed E-state index contributed by atoms with van der Waals surface area (Å²) in [5.41, 5.74) is 2.13. The molecule has 5 nitrogen and oxygen atoms in total. The van der Waals surface area contributed by atoms with E-state index in [2.05, 4.69) is 0 Å². The molecule has 1 atom stereocenters. The van der Waals surface area contributed by atoms with Crippen LogP contribution in [0.15, 0.2) is 54.6 Å². The van der Waals surface area contributed by atoms with Crippen LogP contribution in [0, 0.1) is 0 Å². The number of aliphatic carboxylic acids is 1. The van der Waals surface area contributed by atoms with E-state index in [1.165, 1.54) is 18.9 Å². The smallest absolute Gasteiger partial charge is 0.326 e. The number of hydrogen-bond acceptors (Lipinski definition) is 3. The van der Waals surface area contributed by atoms with E-state index in [0.29, 0.717) is 12.2 Å². The quantitative estimate of drug-likeness (QED) is 0.849. The van der Waals surface area contributed by atoms with Crippen LogP contribution in [-0.4, -0.2) is 41.6 Å². The van der Waals surface area contributed by atoms with E-state index in [-0.39, 0.29) is 12.5 Å². The van der Waals surface area contributed by atoms with Crippen LogP contribution in [0.25, 0.3) is 0 Å². The number of carboxylic acid groups (broad SMARTS) is 1. The van der Waals surface area contributed by atoms with E-state index < -0.39 is 12.0 Å². The molecule has 0 bridgehead atoms. The van der Waals surface area contributed by atoms with Crippen molar-refractivity contribution in [1.82, 2.24) is 4.90 Å². The molecule has 1 amide bonds. The molecule has 2 aromatic rings. The second kappa shape index (κ2) is 8.15. The number of likely N-dealkylation sites (N-methyl/N-ethyl adjacent to an activating group) is 1. The summed E-state index contributed by atoms with van der Waals surface area (Å²) in [7, 11) is 1.46. The lowest BCUT2D eigenvalue weighted by atomic mass is 10.0. The number of carbonyl (C=O) groups excluding carboxylic acids is 1. The molecule has 5 heteroatoms. The summed E-state index contributed by atoms with van der Waals surface area (Å²) >= 11 is 0. The number of carbonyl (C=O) groups is 2. The van der Waals surface area contributed by atoms with Crippen molar-refractivity contribution in [1.29, 1.82) is 0 Å². The topological polar surface area (TPSA) is 66.8 Å². The Balaban J connectivity index is 2.03. The maximum absolute atomic E-state index is 12.1. The summed E-state index contributed by atoms with van der Waals surface area (Å²) in [5.74, 6) is -0.791. The average molecular weight is 327 g/mol. The Morgan fingerprint density at radius 3 is 2.38 bits per heavy atom. The summed E-state index contributed by atoms with van der Waals surface area (Å²) in [6.45, 7) is 1.27. The highest BCUT2D eigenvalue weighted by Crippen LogP contribution is 2.21. The van der Waals surface area contributed by atoms with Gasteiger partial charge in [-0.1, -0.05) is 48.5 Å². The van der Waals surface area contributed by atoms with Gasteiger partial charge in [-0.25, -0.2) is 4.79 Å². The summed E-state index contributed by atoms with van der Waals surface area (Å²) in [5, 5.41) is 8.96. The average Bonchev–Trinajstić information content (AvgIpc) is 2.60. The van der Waals surface area contributed by atoms with Crippen LogP contribution in [0.4, 0.5) is 0 Å². The Hall–Kier alpha value is -2.82. The van der Waals surface area contributed by atoms with Gasteiger partial charge in [-0.3, -0.25) is 4.79 Å². The normalized spacial score (nSPS) is 11.6. The van der Waals surface area contributed by atoms with Crippen LogP contribution < -0.4 is 4.74 Å². The third kappa shape index (κ3) is 4.59. The highest BCUT2D eigenvalue weighted by Gasteiger charge is 2.22. The molecule has 0 aliphatic carbocycles. The number of amides is 1. The molecule has 2 rings (SSSR count). The van der Waals surface area contributed by atoms with Crippen molar-refractivity contribution < 1.29 is 19.4 Å². The van der Waals surface area contributed by atoms with Crippen molar-refractivity contribution in [3.05, 3.63) is 65.7 Å². The SMILES string of the molecule is CC(C(=O)O)N(C)C(=O)COc1ccccc1Cc1ccccc1. The van der Waals surface area contributed by atoms with E-state index in [0.717, 1.165) is 11.1 Å². The summed E-state index contributed by atoms with van der Waals surface area (Å²) < 4.78 is 5.64. The van der Waals surface area contributed by atoms with Crippen LogP contribution >= 0.6 is 0 Å². The number of hydrogen-bond donors (Lipinski definition) is 1. The largest absolute Gasteiger partial charge is 0.483 e. The molecule has 126 valence electrons. The van der Waals surface area contributed by atoms with Crippen LogP contribution in [-0.2, 0) is 16.0 Å². The Kier molecular flexibility index (Phi) is 5.95. The lowest BCUT2D eigenvalue weighted by Gasteiger charge is -2.21. The summed E-state index contributed by atoms with van der Waals surface area (Å²) in [6.07, 6.45) is 0.701. The standard InChI is InChI=1S/C19H21NO4/c1-14(19(22)23)20(2)18(21)13-24-17-11-7-6-10-16(17)12-15-8-4-3-5-9-15/h3-11,14H,12-13H2,1-2H3,(H,22,23). The molecule has 0 saturated heterocycles. The number of benzene rings is 2. The predicted octanol–water partition coefficient (Wildman–Crippen LogP) is 2.59. The molecule has 0 aromatic heterocycles. The first kappa shape index (κ1) is 17.5. The minimum atomic E-state index is -1.05. The van der Waals surface area contributed by atoms with Crippen molar-refractivity contribution in [3.8, 4) is 5.75 Å². The molecule has 0 heterocycles. The van der Waals surface area contributed by atoms with Gasteiger partial charge in [0.25, 0.3) is 5.91 Å². The van der Waals surface area contributed by atoms with Crippen molar-refractivity contribution in [3.63, 3.8) is 0 Å². The third-order valence-electron chi connectivity index (χ3n) is 3.89. The second-order valence-corrected chi connectivity index (χ2v) is 5.58. The number of rotatable bonds is 7. The lowest BCUT2D eigenvalue weighted by Crippen LogP contribution is -2.42. The fraction of sp³-hybridized carbons (Fsp3) is 0.263. The third-order valence-corrected chi connectivity index (χ3v) is 3.89. The van der Waals surface area contributed by atoms with Gasteiger partial charge < -0.3 is 14.7 Å². The first-order valence-corrected chi connectivity index (χ1v) is 7.72. The molecule has 0 aliphatic rings. The minimum absolute atomic E-state index is 0.195. The second-order valence-electron chi connectivity index (χ2n) is 5.58. The Morgan fingerprint density at radius 2 is 1.71 bits per heavy atom. The van der Waals surface area contributed by atoms with Crippen molar-refractivity contribution in [2.45, 2.75) is 19.4 Å².